The molecule has 0 atom stereocenters. The van der Waals surface area contributed by atoms with Gasteiger partial charge in [-0.15, -0.1) is 0 Å². The highest BCUT2D eigenvalue weighted by molar-refractivity contribution is 6.44. The van der Waals surface area contributed by atoms with Crippen LogP contribution in [0.15, 0.2) is 30.3 Å². The van der Waals surface area contributed by atoms with Crippen molar-refractivity contribution in [2.75, 3.05) is 0 Å². The van der Waals surface area contributed by atoms with Crippen molar-refractivity contribution < 1.29 is 9.18 Å². The number of ketones is 1. The summed E-state index contributed by atoms with van der Waals surface area (Å²) in [5.74, 6) is -1.42. The molecule has 98 valence electrons. The smallest absolute Gasteiger partial charge is 0.200 e. The SMILES string of the molecule is O=C(c1c(F)cccc1Cl)c1c(Cl)cc(Cl)cc1Cl. The number of benzene rings is 2. The van der Waals surface area contributed by atoms with Crippen molar-refractivity contribution >= 4 is 52.2 Å². The highest BCUT2D eigenvalue weighted by atomic mass is 35.5. The standard InChI is InChI=1S/C13H5Cl4FO/c14-6-4-8(16)11(9(17)5-6)13(19)12-7(15)2-1-3-10(12)18/h1-5H. The fraction of sp³-hybridized carbons (Fsp3) is 0. The molecule has 0 bridgehead atoms. The molecule has 0 aliphatic carbocycles. The van der Waals surface area contributed by atoms with Gasteiger partial charge in [0.25, 0.3) is 0 Å². The summed E-state index contributed by atoms with van der Waals surface area (Å²) >= 11 is 23.5. The third-order valence-electron chi connectivity index (χ3n) is 2.42. The highest BCUT2D eigenvalue weighted by Crippen LogP contribution is 2.33. The molecule has 2 rings (SSSR count). The Morgan fingerprint density at radius 1 is 0.895 bits per heavy atom. The van der Waals surface area contributed by atoms with E-state index in [0.717, 1.165) is 6.07 Å². The van der Waals surface area contributed by atoms with Crippen LogP contribution in [0, 0.1) is 5.82 Å². The molecule has 6 heteroatoms. The zero-order valence-electron chi connectivity index (χ0n) is 9.18. The lowest BCUT2D eigenvalue weighted by atomic mass is 10.0. The largest absolute Gasteiger partial charge is 0.288 e. The second-order valence-electron chi connectivity index (χ2n) is 3.67. The van der Waals surface area contributed by atoms with Crippen LogP contribution in [0.4, 0.5) is 4.39 Å². The second-order valence-corrected chi connectivity index (χ2v) is 5.33. The number of hydrogen-bond donors (Lipinski definition) is 0. The van der Waals surface area contributed by atoms with E-state index in [2.05, 4.69) is 0 Å². The van der Waals surface area contributed by atoms with Crippen LogP contribution >= 0.6 is 46.4 Å². The first-order valence-corrected chi connectivity index (χ1v) is 6.56. The highest BCUT2D eigenvalue weighted by Gasteiger charge is 2.22. The van der Waals surface area contributed by atoms with Crippen molar-refractivity contribution in [3.63, 3.8) is 0 Å². The van der Waals surface area contributed by atoms with Gasteiger partial charge in [-0.3, -0.25) is 4.79 Å². The van der Waals surface area contributed by atoms with Crippen LogP contribution in [0.1, 0.15) is 15.9 Å². The van der Waals surface area contributed by atoms with Gasteiger partial charge in [-0.05, 0) is 24.3 Å². The molecule has 0 saturated heterocycles. The van der Waals surface area contributed by atoms with E-state index in [1.54, 1.807) is 0 Å². The summed E-state index contributed by atoms with van der Waals surface area (Å²) in [4.78, 5) is 12.3. The first-order chi connectivity index (χ1) is 8.91. The predicted octanol–water partition coefficient (Wildman–Crippen LogP) is 5.67. The Bertz CT molecular complexity index is 626. The molecule has 2 aromatic carbocycles. The van der Waals surface area contributed by atoms with E-state index in [0.29, 0.717) is 0 Å². The normalized spacial score (nSPS) is 10.6. The van der Waals surface area contributed by atoms with Gasteiger partial charge in [0.1, 0.15) is 5.82 Å². The minimum absolute atomic E-state index is 0.00733. The summed E-state index contributed by atoms with van der Waals surface area (Å²) < 4.78 is 13.7. The molecule has 0 amide bonds. The van der Waals surface area contributed by atoms with Gasteiger partial charge < -0.3 is 0 Å². The van der Waals surface area contributed by atoms with E-state index >= 15 is 0 Å². The monoisotopic (exact) mass is 336 g/mol. The van der Waals surface area contributed by atoms with Crippen LogP contribution < -0.4 is 0 Å². The van der Waals surface area contributed by atoms with Gasteiger partial charge in [0.2, 0.25) is 0 Å². The third kappa shape index (κ3) is 2.87. The minimum atomic E-state index is -0.736. The molecule has 0 aliphatic rings. The van der Waals surface area contributed by atoms with Crippen LogP contribution in [0.5, 0.6) is 0 Å². The molecule has 1 nitrogen and oxygen atoms in total. The van der Waals surface area contributed by atoms with Gasteiger partial charge in [-0.1, -0.05) is 52.5 Å². The van der Waals surface area contributed by atoms with E-state index < -0.39 is 11.6 Å². The van der Waals surface area contributed by atoms with E-state index in [1.165, 1.54) is 24.3 Å². The molecule has 0 radical (unpaired) electrons. The molecule has 0 fully saturated rings. The first kappa shape index (κ1) is 14.6. The molecular formula is C13H5Cl4FO. The van der Waals surface area contributed by atoms with Crippen LogP contribution in [0.2, 0.25) is 20.1 Å². The van der Waals surface area contributed by atoms with Crippen LogP contribution in [0.25, 0.3) is 0 Å². The molecule has 0 unspecified atom stereocenters. The second kappa shape index (κ2) is 5.68. The number of carbonyl (C=O) groups excluding carboxylic acids is 1. The topological polar surface area (TPSA) is 17.1 Å². The number of carbonyl (C=O) groups is 1. The average Bonchev–Trinajstić information content (AvgIpc) is 2.26. The van der Waals surface area contributed by atoms with Crippen LogP contribution in [-0.4, -0.2) is 5.78 Å². The molecule has 19 heavy (non-hydrogen) atoms. The Kier molecular flexibility index (Phi) is 4.36. The lowest BCUT2D eigenvalue weighted by Crippen LogP contribution is -2.07. The van der Waals surface area contributed by atoms with Crippen molar-refractivity contribution in [1.29, 1.82) is 0 Å². The van der Waals surface area contributed by atoms with Gasteiger partial charge in [0.15, 0.2) is 5.78 Å². The summed E-state index contributed by atoms with van der Waals surface area (Å²) in [5, 5.41) is 0.363. The summed E-state index contributed by atoms with van der Waals surface area (Å²) in [6, 6.07) is 6.67. The Balaban J connectivity index is 2.64. The van der Waals surface area contributed by atoms with E-state index in [1.807, 2.05) is 0 Å². The van der Waals surface area contributed by atoms with Crippen molar-refractivity contribution in [2.24, 2.45) is 0 Å². The summed E-state index contributed by atoms with van der Waals surface area (Å²) in [7, 11) is 0. The molecule has 2 aromatic rings. The predicted molar refractivity (Wildman–Crippen MR) is 76.3 cm³/mol. The van der Waals surface area contributed by atoms with E-state index in [9.17, 15) is 9.18 Å². The molecule has 0 heterocycles. The number of halogens is 5. The molecule has 0 aliphatic heterocycles. The first-order valence-electron chi connectivity index (χ1n) is 5.05. The lowest BCUT2D eigenvalue weighted by molar-refractivity contribution is 0.103. The van der Waals surface area contributed by atoms with Crippen molar-refractivity contribution in [3.8, 4) is 0 Å². The summed E-state index contributed by atoms with van der Waals surface area (Å²) in [6.45, 7) is 0. The molecule has 0 saturated carbocycles. The van der Waals surface area contributed by atoms with Gasteiger partial charge in [0.05, 0.1) is 26.2 Å². The Morgan fingerprint density at radius 3 is 2.00 bits per heavy atom. The van der Waals surface area contributed by atoms with Crippen LogP contribution in [0.3, 0.4) is 0 Å². The summed E-state index contributed by atoms with van der Waals surface area (Å²) in [6.07, 6.45) is 0. The number of rotatable bonds is 2. The zero-order valence-corrected chi connectivity index (χ0v) is 12.2. The third-order valence-corrected chi connectivity index (χ3v) is 3.55. The Hall–Kier alpha value is -0.800. The van der Waals surface area contributed by atoms with E-state index in [-0.39, 0.29) is 31.2 Å². The van der Waals surface area contributed by atoms with E-state index in [4.69, 9.17) is 46.4 Å². The molecule has 0 N–H and O–H groups in total. The molecular weight excluding hydrogens is 333 g/mol. The quantitative estimate of drug-likeness (QED) is 0.645. The fourth-order valence-electron chi connectivity index (χ4n) is 1.60. The van der Waals surface area contributed by atoms with Crippen LogP contribution in [-0.2, 0) is 0 Å². The van der Waals surface area contributed by atoms with Crippen molar-refractivity contribution in [2.45, 2.75) is 0 Å². The van der Waals surface area contributed by atoms with Crippen molar-refractivity contribution in [1.82, 2.24) is 0 Å². The van der Waals surface area contributed by atoms with Gasteiger partial charge in [-0.25, -0.2) is 4.39 Å². The maximum absolute atomic E-state index is 13.7. The maximum atomic E-state index is 13.7. The number of hydrogen-bond acceptors (Lipinski definition) is 1. The molecule has 0 aromatic heterocycles. The summed E-state index contributed by atoms with van der Waals surface area (Å²) in [5.41, 5.74) is -0.296. The zero-order chi connectivity index (χ0) is 14.2. The average molecular weight is 338 g/mol. The van der Waals surface area contributed by atoms with Gasteiger partial charge in [-0.2, -0.15) is 0 Å². The van der Waals surface area contributed by atoms with Gasteiger partial charge in [0, 0.05) is 5.02 Å². The maximum Gasteiger partial charge on any atom is 0.200 e. The van der Waals surface area contributed by atoms with Gasteiger partial charge >= 0.3 is 0 Å². The molecule has 0 spiro atoms. The van der Waals surface area contributed by atoms with Crippen molar-refractivity contribution in [3.05, 3.63) is 67.4 Å². The fourth-order valence-corrected chi connectivity index (χ4v) is 2.84. The Labute approximate surface area is 128 Å². The minimum Gasteiger partial charge on any atom is -0.288 e. The Morgan fingerprint density at radius 2 is 1.47 bits per heavy atom. The lowest BCUT2D eigenvalue weighted by Gasteiger charge is -2.09.